The van der Waals surface area contributed by atoms with E-state index in [9.17, 15) is 13.2 Å². The van der Waals surface area contributed by atoms with Crippen LogP contribution < -0.4 is 15.5 Å². The predicted octanol–water partition coefficient (Wildman–Crippen LogP) is 5.89. The summed E-state index contributed by atoms with van der Waals surface area (Å²) in [5.74, 6) is 0.712. The monoisotopic (exact) mass is 495 g/mol. The van der Waals surface area contributed by atoms with Crippen molar-refractivity contribution in [3.8, 4) is 22.7 Å². The van der Waals surface area contributed by atoms with Crippen LogP contribution in [0, 0.1) is 0 Å². The number of rotatable bonds is 6. The molecule has 0 aliphatic rings. The van der Waals surface area contributed by atoms with Crippen molar-refractivity contribution in [1.82, 2.24) is 15.2 Å². The summed E-state index contributed by atoms with van der Waals surface area (Å²) in [6.07, 6.45) is -1.20. The van der Waals surface area contributed by atoms with E-state index in [1.165, 1.54) is 24.4 Å². The first-order valence-electron chi connectivity index (χ1n) is 10.4. The lowest BCUT2D eigenvalue weighted by atomic mass is 10.1. The fourth-order valence-corrected chi connectivity index (χ4v) is 3.48. The van der Waals surface area contributed by atoms with Crippen molar-refractivity contribution in [2.75, 3.05) is 12.4 Å². The molecule has 0 aliphatic carbocycles. The number of methoxy groups -OCH3 is 1. The lowest BCUT2D eigenvalue weighted by molar-refractivity contribution is -0.136. The van der Waals surface area contributed by atoms with E-state index >= 15 is 0 Å². The van der Waals surface area contributed by atoms with Crippen molar-refractivity contribution in [3.05, 3.63) is 96.2 Å². The van der Waals surface area contributed by atoms with Crippen LogP contribution in [0.15, 0.2) is 90.2 Å². The Morgan fingerprint density at radius 1 is 1.00 bits per heavy atom. The highest BCUT2D eigenvalue weighted by atomic mass is 32.1. The molecular formula is C25H20F3N5OS. The summed E-state index contributed by atoms with van der Waals surface area (Å²) in [7, 11) is 1.59. The lowest BCUT2D eigenvalue weighted by Gasteiger charge is -2.14. The highest BCUT2D eigenvalue weighted by Crippen LogP contribution is 2.34. The Kier molecular flexibility index (Phi) is 7.11. The fraction of sp³-hybridized carbons (Fsp3) is 0.0800. The fourth-order valence-electron chi connectivity index (χ4n) is 3.32. The van der Waals surface area contributed by atoms with Crippen molar-refractivity contribution >= 4 is 29.2 Å². The Labute approximate surface area is 205 Å². The standard InChI is InChI=1S/C25H20F3N5OS/c1-34-20-13-11-17(12-14-20)23-18(16-33(32-23)19-7-3-2-4-8-19)15-29-31-24(35)30-22-10-6-5-9-21(22)25(26,27)28/h2-16H,1H3,(H2,30,31,35)/b29-15-. The Morgan fingerprint density at radius 2 is 1.69 bits per heavy atom. The highest BCUT2D eigenvalue weighted by Gasteiger charge is 2.33. The second kappa shape index (κ2) is 10.4. The first-order chi connectivity index (χ1) is 16.8. The van der Waals surface area contributed by atoms with Gasteiger partial charge in [0, 0.05) is 17.3 Å². The van der Waals surface area contributed by atoms with Crippen molar-refractivity contribution < 1.29 is 17.9 Å². The van der Waals surface area contributed by atoms with Crippen LogP contribution in [0.2, 0.25) is 0 Å². The van der Waals surface area contributed by atoms with Crippen molar-refractivity contribution in [3.63, 3.8) is 0 Å². The van der Waals surface area contributed by atoms with Crippen molar-refractivity contribution in [2.45, 2.75) is 6.18 Å². The van der Waals surface area contributed by atoms with Crippen molar-refractivity contribution in [1.29, 1.82) is 0 Å². The number of alkyl halides is 3. The van der Waals surface area contributed by atoms with Gasteiger partial charge in [-0.3, -0.25) is 5.43 Å². The molecule has 0 radical (unpaired) electrons. The highest BCUT2D eigenvalue weighted by molar-refractivity contribution is 7.80. The van der Waals surface area contributed by atoms with Gasteiger partial charge in [-0.1, -0.05) is 30.3 Å². The second-order valence-corrected chi connectivity index (χ2v) is 7.72. The molecule has 2 N–H and O–H groups in total. The summed E-state index contributed by atoms with van der Waals surface area (Å²) < 4.78 is 46.6. The predicted molar refractivity (Wildman–Crippen MR) is 134 cm³/mol. The summed E-state index contributed by atoms with van der Waals surface area (Å²) in [4.78, 5) is 0. The quantitative estimate of drug-likeness (QED) is 0.199. The molecule has 1 heterocycles. The number of thiocarbonyl (C=S) groups is 1. The average molecular weight is 496 g/mol. The summed E-state index contributed by atoms with van der Waals surface area (Å²) in [5.41, 5.74) is 4.61. The van der Waals surface area contributed by atoms with Gasteiger partial charge in [0.1, 0.15) is 11.4 Å². The van der Waals surface area contributed by atoms with Gasteiger partial charge in [-0.25, -0.2) is 4.68 Å². The molecule has 0 amide bonds. The maximum atomic E-state index is 13.2. The molecule has 0 atom stereocenters. The van der Waals surface area contributed by atoms with Crippen molar-refractivity contribution in [2.24, 2.45) is 5.10 Å². The number of ether oxygens (including phenoxy) is 1. The zero-order valence-corrected chi connectivity index (χ0v) is 19.3. The van der Waals surface area contributed by atoms with Gasteiger partial charge in [0.25, 0.3) is 0 Å². The third kappa shape index (κ3) is 5.85. The van der Waals surface area contributed by atoms with Gasteiger partial charge < -0.3 is 10.1 Å². The zero-order chi connectivity index (χ0) is 24.8. The molecule has 0 spiro atoms. The Bertz CT molecular complexity index is 1340. The molecule has 4 aromatic rings. The Balaban J connectivity index is 1.56. The van der Waals surface area contributed by atoms with Crippen LogP contribution in [0.5, 0.6) is 5.75 Å². The van der Waals surface area contributed by atoms with E-state index in [0.29, 0.717) is 17.0 Å². The van der Waals surface area contributed by atoms with Crippen LogP contribution in [0.3, 0.4) is 0 Å². The van der Waals surface area contributed by atoms with Gasteiger partial charge in [-0.2, -0.15) is 23.4 Å². The number of hydrazone groups is 1. The van der Waals surface area contributed by atoms with Gasteiger partial charge in [-0.05, 0) is 60.7 Å². The van der Waals surface area contributed by atoms with Crippen LogP contribution in [0.4, 0.5) is 18.9 Å². The largest absolute Gasteiger partial charge is 0.497 e. The molecule has 178 valence electrons. The van der Waals surface area contributed by atoms with E-state index in [0.717, 1.165) is 17.3 Å². The van der Waals surface area contributed by atoms with E-state index < -0.39 is 11.7 Å². The molecule has 0 saturated heterocycles. The minimum Gasteiger partial charge on any atom is -0.497 e. The Hall–Kier alpha value is -4.18. The molecule has 35 heavy (non-hydrogen) atoms. The number of para-hydroxylation sites is 2. The topological polar surface area (TPSA) is 63.5 Å². The minimum absolute atomic E-state index is 0.0839. The molecule has 0 unspecified atom stereocenters. The maximum absolute atomic E-state index is 13.2. The molecule has 4 rings (SSSR count). The first kappa shape index (κ1) is 24.0. The van der Waals surface area contributed by atoms with E-state index in [1.54, 1.807) is 18.0 Å². The number of aromatic nitrogens is 2. The molecule has 0 bridgehead atoms. The van der Waals surface area contributed by atoms with E-state index in [4.69, 9.17) is 22.1 Å². The maximum Gasteiger partial charge on any atom is 0.418 e. The molecule has 6 nitrogen and oxygen atoms in total. The minimum atomic E-state index is -4.51. The molecule has 3 aromatic carbocycles. The molecule has 1 aromatic heterocycles. The van der Waals surface area contributed by atoms with Crippen LogP contribution >= 0.6 is 12.2 Å². The summed E-state index contributed by atoms with van der Waals surface area (Å²) in [5, 5.41) is 11.3. The number of halogens is 3. The Morgan fingerprint density at radius 3 is 2.37 bits per heavy atom. The van der Waals surface area contributed by atoms with E-state index in [-0.39, 0.29) is 10.8 Å². The molecular weight excluding hydrogens is 475 g/mol. The second-order valence-electron chi connectivity index (χ2n) is 7.31. The third-order valence-corrected chi connectivity index (χ3v) is 5.17. The number of nitrogens with zero attached hydrogens (tertiary/aromatic N) is 3. The molecule has 10 heteroatoms. The zero-order valence-electron chi connectivity index (χ0n) is 18.5. The molecule has 0 fully saturated rings. The summed E-state index contributed by atoms with van der Waals surface area (Å²) in [6.45, 7) is 0. The van der Waals surface area contributed by atoms with Gasteiger partial charge >= 0.3 is 6.18 Å². The summed E-state index contributed by atoms with van der Waals surface area (Å²) in [6, 6.07) is 22.0. The number of hydrogen-bond acceptors (Lipinski definition) is 4. The molecule has 0 saturated carbocycles. The van der Waals surface area contributed by atoms with Gasteiger partial charge in [-0.15, -0.1) is 0 Å². The van der Waals surface area contributed by atoms with Crippen LogP contribution in [-0.2, 0) is 6.18 Å². The SMILES string of the molecule is COc1ccc(-c2nn(-c3ccccc3)cc2/C=N\NC(=S)Nc2ccccc2C(F)(F)F)cc1. The number of nitrogens with one attached hydrogen (secondary N) is 2. The van der Waals surface area contributed by atoms with E-state index in [2.05, 4.69) is 15.8 Å². The van der Waals surface area contributed by atoms with Crippen LogP contribution in [0.25, 0.3) is 16.9 Å². The lowest BCUT2D eigenvalue weighted by Crippen LogP contribution is -2.25. The third-order valence-electron chi connectivity index (χ3n) is 4.98. The smallest absolute Gasteiger partial charge is 0.418 e. The number of anilines is 1. The number of hydrogen-bond donors (Lipinski definition) is 2. The van der Waals surface area contributed by atoms with Gasteiger partial charge in [0.2, 0.25) is 0 Å². The summed E-state index contributed by atoms with van der Waals surface area (Å²) >= 11 is 5.13. The first-order valence-corrected chi connectivity index (χ1v) is 10.8. The van der Waals surface area contributed by atoms with Crippen LogP contribution in [0.1, 0.15) is 11.1 Å². The molecule has 0 aliphatic heterocycles. The number of benzene rings is 3. The average Bonchev–Trinajstić information content (AvgIpc) is 3.28. The normalized spacial score (nSPS) is 11.4. The van der Waals surface area contributed by atoms with Gasteiger partial charge in [0.15, 0.2) is 5.11 Å². The van der Waals surface area contributed by atoms with Crippen LogP contribution in [-0.4, -0.2) is 28.2 Å². The van der Waals surface area contributed by atoms with Gasteiger partial charge in [0.05, 0.1) is 30.3 Å². The van der Waals surface area contributed by atoms with E-state index in [1.807, 2.05) is 54.6 Å².